The van der Waals surface area contributed by atoms with Crippen molar-refractivity contribution in [2.45, 2.75) is 117 Å². The zero-order chi connectivity index (χ0) is 26.5. The van der Waals surface area contributed by atoms with Gasteiger partial charge in [0.2, 0.25) is 0 Å². The fourth-order valence-corrected chi connectivity index (χ4v) is 3.23. The molecule has 212 valence electrons. The lowest BCUT2D eigenvalue weighted by atomic mass is 10.2. The first-order valence-corrected chi connectivity index (χ1v) is 14.0. The molecule has 0 saturated carbocycles. The number of hydrogen-bond acceptors (Lipinski definition) is 9. The molecule has 0 rings (SSSR count). The Labute approximate surface area is 217 Å². The highest BCUT2D eigenvalue weighted by Crippen LogP contribution is 2.05. The third-order valence-electron chi connectivity index (χ3n) is 5.39. The van der Waals surface area contributed by atoms with Crippen LogP contribution in [0.15, 0.2) is 0 Å². The molecule has 0 aliphatic rings. The molecule has 0 aliphatic heterocycles. The van der Waals surface area contributed by atoms with E-state index in [1.54, 1.807) is 0 Å². The number of rotatable bonds is 24. The third kappa shape index (κ3) is 26.4. The van der Waals surface area contributed by atoms with Gasteiger partial charge >= 0.3 is 18.5 Å². The minimum atomic E-state index is -0.648. The van der Waals surface area contributed by atoms with Crippen LogP contribution in [-0.2, 0) is 28.4 Å². The lowest BCUT2D eigenvalue weighted by Crippen LogP contribution is -2.10. The van der Waals surface area contributed by atoms with E-state index in [1.165, 1.54) is 0 Å². The van der Waals surface area contributed by atoms with E-state index in [4.69, 9.17) is 28.4 Å². The summed E-state index contributed by atoms with van der Waals surface area (Å²) < 4.78 is 30.1. The van der Waals surface area contributed by atoms with Gasteiger partial charge in [-0.25, -0.2) is 14.4 Å². The smallest absolute Gasteiger partial charge is 0.434 e. The molecule has 0 N–H and O–H groups in total. The van der Waals surface area contributed by atoms with Gasteiger partial charge in [0.05, 0.1) is 39.6 Å². The van der Waals surface area contributed by atoms with Crippen molar-refractivity contribution in [3.8, 4) is 0 Å². The largest absolute Gasteiger partial charge is 0.508 e. The Kier molecular flexibility index (Phi) is 25.7. The van der Waals surface area contributed by atoms with E-state index in [9.17, 15) is 14.4 Å². The van der Waals surface area contributed by atoms with Crippen molar-refractivity contribution in [2.24, 2.45) is 0 Å². The molecular weight excluding hydrogens is 468 g/mol. The first-order valence-electron chi connectivity index (χ1n) is 14.0. The van der Waals surface area contributed by atoms with Crippen LogP contribution in [0.3, 0.4) is 0 Å². The van der Waals surface area contributed by atoms with E-state index < -0.39 is 18.5 Å². The average Bonchev–Trinajstić information content (AvgIpc) is 2.86. The minimum absolute atomic E-state index is 0.311. The molecule has 0 atom stereocenters. The third-order valence-corrected chi connectivity index (χ3v) is 5.39. The maximum atomic E-state index is 11.6. The van der Waals surface area contributed by atoms with Gasteiger partial charge in [0.1, 0.15) is 0 Å². The maximum absolute atomic E-state index is 11.6. The summed E-state index contributed by atoms with van der Waals surface area (Å²) >= 11 is 0. The Hall–Kier alpha value is -2.19. The molecule has 9 nitrogen and oxygen atoms in total. The summed E-state index contributed by atoms with van der Waals surface area (Å²) in [7, 11) is 0. The van der Waals surface area contributed by atoms with Crippen LogP contribution >= 0.6 is 0 Å². The summed E-state index contributed by atoms with van der Waals surface area (Å²) in [5.41, 5.74) is 0. The molecule has 0 amide bonds. The van der Waals surface area contributed by atoms with Crippen molar-refractivity contribution >= 4 is 18.5 Å². The summed E-state index contributed by atoms with van der Waals surface area (Å²) in [6.07, 6.45) is 13.1. The van der Waals surface area contributed by atoms with Gasteiger partial charge in [0, 0.05) is 0 Å². The molecular formula is C27H50O9. The van der Waals surface area contributed by atoms with Crippen LogP contribution in [0.2, 0.25) is 0 Å². The second-order valence-corrected chi connectivity index (χ2v) is 8.79. The van der Waals surface area contributed by atoms with Crippen LogP contribution in [0.5, 0.6) is 0 Å². The first-order chi connectivity index (χ1) is 17.6. The zero-order valence-electron chi connectivity index (χ0n) is 22.7. The number of carbonyl (C=O) groups excluding carboxylic acids is 3. The SMILES string of the molecule is CCCCCCOC(=O)OCCCCCCOC(=O)OCCCCCCOC(=O)OCCCCCC. The van der Waals surface area contributed by atoms with Crippen LogP contribution in [0.4, 0.5) is 14.4 Å². The van der Waals surface area contributed by atoms with E-state index in [0.717, 1.165) is 103 Å². The molecule has 0 aliphatic carbocycles. The normalized spacial score (nSPS) is 10.5. The van der Waals surface area contributed by atoms with Gasteiger partial charge in [-0.3, -0.25) is 0 Å². The van der Waals surface area contributed by atoms with Gasteiger partial charge < -0.3 is 28.4 Å². The Morgan fingerprint density at radius 1 is 0.333 bits per heavy atom. The van der Waals surface area contributed by atoms with Gasteiger partial charge in [-0.15, -0.1) is 0 Å². The van der Waals surface area contributed by atoms with E-state index in [1.807, 2.05) is 0 Å². The number of carbonyl (C=O) groups is 3. The average molecular weight is 519 g/mol. The lowest BCUT2D eigenvalue weighted by Gasteiger charge is -2.08. The Bertz CT molecular complexity index is 481. The van der Waals surface area contributed by atoms with Gasteiger partial charge in [0.25, 0.3) is 0 Å². The summed E-state index contributed by atoms with van der Waals surface area (Å²) in [5, 5.41) is 0. The molecule has 0 spiro atoms. The predicted octanol–water partition coefficient (Wildman–Crippen LogP) is 7.73. The fourth-order valence-electron chi connectivity index (χ4n) is 3.23. The highest BCUT2D eigenvalue weighted by atomic mass is 16.7. The highest BCUT2D eigenvalue weighted by molar-refractivity contribution is 5.60. The number of hydrogen-bond donors (Lipinski definition) is 0. The van der Waals surface area contributed by atoms with Gasteiger partial charge in [-0.2, -0.15) is 0 Å². The second-order valence-electron chi connectivity index (χ2n) is 8.79. The first kappa shape index (κ1) is 33.8. The van der Waals surface area contributed by atoms with Crippen molar-refractivity contribution < 1.29 is 42.8 Å². The highest BCUT2D eigenvalue weighted by Gasteiger charge is 2.06. The Morgan fingerprint density at radius 2 is 0.528 bits per heavy atom. The molecule has 0 heterocycles. The molecule has 0 fully saturated rings. The summed E-state index contributed by atoms with van der Waals surface area (Å²) in [6, 6.07) is 0. The topological polar surface area (TPSA) is 107 Å². The Balaban J connectivity index is 3.31. The van der Waals surface area contributed by atoms with E-state index in [-0.39, 0.29) is 0 Å². The number of ether oxygens (including phenoxy) is 6. The Morgan fingerprint density at radius 3 is 0.722 bits per heavy atom. The van der Waals surface area contributed by atoms with E-state index in [0.29, 0.717) is 39.6 Å². The molecule has 0 aromatic carbocycles. The van der Waals surface area contributed by atoms with Crippen LogP contribution in [-0.4, -0.2) is 58.1 Å². The standard InChI is InChI=1S/C27H50O9/c1-3-5-7-13-19-31-25(28)33-21-15-9-11-17-23-35-27(30)36-24-18-12-10-16-22-34-26(29)32-20-14-8-6-4-2/h3-24H2,1-2H3. The van der Waals surface area contributed by atoms with Crippen molar-refractivity contribution in [3.63, 3.8) is 0 Å². The van der Waals surface area contributed by atoms with Crippen LogP contribution < -0.4 is 0 Å². The van der Waals surface area contributed by atoms with Crippen molar-refractivity contribution in [1.29, 1.82) is 0 Å². The molecule has 0 unspecified atom stereocenters. The number of unbranched alkanes of at least 4 members (excludes halogenated alkanes) is 12. The minimum Gasteiger partial charge on any atom is -0.434 e. The van der Waals surface area contributed by atoms with Crippen LogP contribution in [0.1, 0.15) is 117 Å². The molecule has 36 heavy (non-hydrogen) atoms. The maximum Gasteiger partial charge on any atom is 0.508 e. The van der Waals surface area contributed by atoms with Crippen LogP contribution in [0, 0.1) is 0 Å². The van der Waals surface area contributed by atoms with Crippen molar-refractivity contribution in [2.75, 3.05) is 39.6 Å². The van der Waals surface area contributed by atoms with Gasteiger partial charge in [-0.05, 0) is 64.2 Å². The molecule has 0 aromatic rings. The molecule has 9 heteroatoms. The summed E-state index contributed by atoms with van der Waals surface area (Å²) in [5.74, 6) is 0. The fraction of sp³-hybridized carbons (Fsp3) is 0.889. The predicted molar refractivity (Wildman–Crippen MR) is 137 cm³/mol. The quantitative estimate of drug-likeness (QED) is 0.0720. The van der Waals surface area contributed by atoms with Gasteiger partial charge in [-0.1, -0.05) is 52.4 Å². The molecule has 0 bridgehead atoms. The van der Waals surface area contributed by atoms with Crippen molar-refractivity contribution in [3.05, 3.63) is 0 Å². The molecule has 0 radical (unpaired) electrons. The van der Waals surface area contributed by atoms with E-state index >= 15 is 0 Å². The molecule has 0 saturated heterocycles. The lowest BCUT2D eigenvalue weighted by molar-refractivity contribution is 0.0485. The van der Waals surface area contributed by atoms with Gasteiger partial charge in [0.15, 0.2) is 0 Å². The zero-order valence-corrected chi connectivity index (χ0v) is 22.7. The summed E-state index contributed by atoms with van der Waals surface area (Å²) in [4.78, 5) is 34.4. The molecule has 0 aromatic heterocycles. The monoisotopic (exact) mass is 518 g/mol. The van der Waals surface area contributed by atoms with Crippen molar-refractivity contribution in [1.82, 2.24) is 0 Å². The summed E-state index contributed by atoms with van der Waals surface area (Å²) in [6.45, 7) is 6.40. The second kappa shape index (κ2) is 27.4. The van der Waals surface area contributed by atoms with E-state index in [2.05, 4.69) is 13.8 Å². The van der Waals surface area contributed by atoms with Crippen LogP contribution in [0.25, 0.3) is 0 Å².